The van der Waals surface area contributed by atoms with Gasteiger partial charge in [-0.05, 0) is 30.3 Å². The second-order valence-electron chi connectivity index (χ2n) is 6.68. The predicted octanol–water partition coefficient (Wildman–Crippen LogP) is 2.69. The average molecular weight is 369 g/mol. The number of hydrogen-bond acceptors (Lipinski definition) is 6. The minimum Gasteiger partial charge on any atom is -0.497 e. The van der Waals surface area contributed by atoms with Crippen LogP contribution in [0.5, 0.6) is 5.75 Å². The third-order valence-electron chi connectivity index (χ3n) is 5.03. The van der Waals surface area contributed by atoms with Crippen LogP contribution >= 0.6 is 0 Å². The summed E-state index contributed by atoms with van der Waals surface area (Å²) in [5, 5.41) is 2.82. The Kier molecular flexibility index (Phi) is 4.96. The van der Waals surface area contributed by atoms with Crippen molar-refractivity contribution in [3.8, 4) is 5.75 Å². The molecule has 3 heterocycles. The van der Waals surface area contributed by atoms with E-state index in [1.54, 1.807) is 37.6 Å². The molecular formula is C20H23N3O4. The third kappa shape index (κ3) is 3.89. The van der Waals surface area contributed by atoms with E-state index in [4.69, 9.17) is 14.2 Å². The van der Waals surface area contributed by atoms with Crippen LogP contribution in [0.1, 0.15) is 23.2 Å². The zero-order valence-electron chi connectivity index (χ0n) is 15.3. The number of piperidine rings is 1. The molecule has 2 fully saturated rings. The van der Waals surface area contributed by atoms with Crippen molar-refractivity contribution in [3.05, 3.63) is 48.2 Å². The maximum atomic E-state index is 12.4. The summed E-state index contributed by atoms with van der Waals surface area (Å²) in [4.78, 5) is 19.0. The van der Waals surface area contributed by atoms with Crippen LogP contribution in [0.4, 0.5) is 11.5 Å². The first kappa shape index (κ1) is 17.8. The maximum Gasteiger partial charge on any atom is 0.256 e. The Morgan fingerprint density at radius 1 is 1.19 bits per heavy atom. The van der Waals surface area contributed by atoms with Gasteiger partial charge in [-0.15, -0.1) is 0 Å². The molecule has 7 heteroatoms. The van der Waals surface area contributed by atoms with Gasteiger partial charge >= 0.3 is 0 Å². The van der Waals surface area contributed by atoms with E-state index in [2.05, 4.69) is 15.2 Å². The molecule has 0 unspecified atom stereocenters. The summed E-state index contributed by atoms with van der Waals surface area (Å²) in [6.45, 7) is 3.08. The van der Waals surface area contributed by atoms with Crippen LogP contribution in [-0.2, 0) is 9.47 Å². The van der Waals surface area contributed by atoms with Gasteiger partial charge in [-0.2, -0.15) is 0 Å². The second-order valence-corrected chi connectivity index (χ2v) is 6.68. The van der Waals surface area contributed by atoms with E-state index in [-0.39, 0.29) is 11.7 Å². The number of methoxy groups -OCH3 is 1. The molecule has 0 atom stereocenters. The number of anilines is 2. The van der Waals surface area contributed by atoms with Crippen molar-refractivity contribution in [1.82, 2.24) is 4.98 Å². The van der Waals surface area contributed by atoms with Gasteiger partial charge in [0.15, 0.2) is 5.79 Å². The molecule has 2 aliphatic heterocycles. The highest BCUT2D eigenvalue weighted by molar-refractivity contribution is 6.04. The SMILES string of the molecule is COc1cccc(C(=O)Nc2ccc(N3CCC4(CC3)OCCO4)cn2)c1. The van der Waals surface area contributed by atoms with E-state index < -0.39 is 0 Å². The predicted molar refractivity (Wildman–Crippen MR) is 101 cm³/mol. The number of amides is 1. The molecule has 0 bridgehead atoms. The van der Waals surface area contributed by atoms with Crippen molar-refractivity contribution < 1.29 is 19.0 Å². The summed E-state index contributed by atoms with van der Waals surface area (Å²) in [5.41, 5.74) is 1.56. The quantitative estimate of drug-likeness (QED) is 0.893. The lowest BCUT2D eigenvalue weighted by molar-refractivity contribution is -0.169. The second kappa shape index (κ2) is 7.54. The van der Waals surface area contributed by atoms with E-state index in [9.17, 15) is 4.79 Å². The Morgan fingerprint density at radius 2 is 1.96 bits per heavy atom. The van der Waals surface area contributed by atoms with Gasteiger partial charge in [0.1, 0.15) is 11.6 Å². The molecule has 7 nitrogen and oxygen atoms in total. The summed E-state index contributed by atoms with van der Waals surface area (Å²) >= 11 is 0. The molecule has 2 saturated heterocycles. The number of carbonyl (C=O) groups excluding carboxylic acids is 1. The van der Waals surface area contributed by atoms with Crippen molar-refractivity contribution in [3.63, 3.8) is 0 Å². The zero-order chi connectivity index (χ0) is 18.7. The average Bonchev–Trinajstić information content (AvgIpc) is 3.17. The monoisotopic (exact) mass is 369 g/mol. The Morgan fingerprint density at radius 3 is 2.63 bits per heavy atom. The minimum atomic E-state index is -0.380. The summed E-state index contributed by atoms with van der Waals surface area (Å²) < 4.78 is 16.7. The summed E-state index contributed by atoms with van der Waals surface area (Å²) in [5.74, 6) is 0.561. The topological polar surface area (TPSA) is 72.9 Å². The molecule has 0 aliphatic carbocycles. The van der Waals surface area contributed by atoms with Gasteiger partial charge < -0.3 is 24.4 Å². The van der Waals surface area contributed by atoms with Crippen molar-refractivity contribution >= 4 is 17.4 Å². The van der Waals surface area contributed by atoms with Gasteiger partial charge in [0, 0.05) is 31.5 Å². The highest BCUT2D eigenvalue weighted by atomic mass is 16.7. The van der Waals surface area contributed by atoms with Crippen LogP contribution in [0.3, 0.4) is 0 Å². The third-order valence-corrected chi connectivity index (χ3v) is 5.03. The molecule has 2 aromatic rings. The fraction of sp³-hybridized carbons (Fsp3) is 0.400. The number of carbonyl (C=O) groups is 1. The molecule has 1 aromatic carbocycles. The standard InChI is InChI=1S/C20H23N3O4/c1-25-17-4-2-3-15(13-17)19(24)22-18-6-5-16(14-21-18)23-9-7-20(8-10-23)26-11-12-27-20/h2-6,13-14H,7-12H2,1H3,(H,21,22,24). The molecule has 1 spiro atoms. The lowest BCUT2D eigenvalue weighted by Gasteiger charge is -2.38. The molecule has 0 radical (unpaired) electrons. The van der Waals surface area contributed by atoms with Gasteiger partial charge in [0.25, 0.3) is 5.91 Å². The van der Waals surface area contributed by atoms with Gasteiger partial charge in [0.05, 0.1) is 32.2 Å². The first-order valence-corrected chi connectivity index (χ1v) is 9.12. The molecular weight excluding hydrogens is 346 g/mol. The Hall–Kier alpha value is -2.64. The number of benzene rings is 1. The van der Waals surface area contributed by atoms with E-state index in [1.807, 2.05) is 12.1 Å². The molecule has 2 aliphatic rings. The largest absolute Gasteiger partial charge is 0.497 e. The summed E-state index contributed by atoms with van der Waals surface area (Å²) in [6, 6.07) is 10.8. The Labute approximate surface area is 158 Å². The van der Waals surface area contributed by atoms with Crippen LogP contribution < -0.4 is 15.0 Å². The van der Waals surface area contributed by atoms with Crippen molar-refractivity contribution in [1.29, 1.82) is 0 Å². The molecule has 142 valence electrons. The van der Waals surface area contributed by atoms with Crippen LogP contribution in [0, 0.1) is 0 Å². The fourth-order valence-electron chi connectivity index (χ4n) is 3.49. The van der Waals surface area contributed by atoms with E-state index in [0.29, 0.717) is 30.3 Å². The van der Waals surface area contributed by atoms with Crippen molar-refractivity contribution in [2.24, 2.45) is 0 Å². The number of rotatable bonds is 4. The van der Waals surface area contributed by atoms with Crippen LogP contribution in [0.15, 0.2) is 42.6 Å². The van der Waals surface area contributed by atoms with Gasteiger partial charge in [-0.25, -0.2) is 4.98 Å². The van der Waals surface area contributed by atoms with Gasteiger partial charge in [-0.3, -0.25) is 4.79 Å². The zero-order valence-corrected chi connectivity index (χ0v) is 15.3. The van der Waals surface area contributed by atoms with Crippen molar-refractivity contribution in [2.75, 3.05) is 43.6 Å². The van der Waals surface area contributed by atoms with Crippen LogP contribution in [0.2, 0.25) is 0 Å². The van der Waals surface area contributed by atoms with Crippen LogP contribution in [-0.4, -0.2) is 50.1 Å². The Bertz CT molecular complexity index is 793. The number of aromatic nitrogens is 1. The van der Waals surface area contributed by atoms with Gasteiger partial charge in [0.2, 0.25) is 0 Å². The molecule has 0 saturated carbocycles. The summed E-state index contributed by atoms with van der Waals surface area (Å²) in [7, 11) is 1.57. The number of nitrogens with one attached hydrogen (secondary N) is 1. The molecule has 1 aromatic heterocycles. The molecule has 27 heavy (non-hydrogen) atoms. The van der Waals surface area contributed by atoms with E-state index >= 15 is 0 Å². The molecule has 1 N–H and O–H groups in total. The maximum absolute atomic E-state index is 12.4. The van der Waals surface area contributed by atoms with E-state index in [0.717, 1.165) is 31.6 Å². The minimum absolute atomic E-state index is 0.218. The number of pyridine rings is 1. The van der Waals surface area contributed by atoms with E-state index in [1.165, 1.54) is 0 Å². The highest BCUT2D eigenvalue weighted by Gasteiger charge is 2.39. The normalized spacial score (nSPS) is 18.5. The summed E-state index contributed by atoms with van der Waals surface area (Å²) in [6.07, 6.45) is 3.48. The Balaban J connectivity index is 1.37. The lowest BCUT2D eigenvalue weighted by atomic mass is 10.0. The van der Waals surface area contributed by atoms with Crippen LogP contribution in [0.25, 0.3) is 0 Å². The van der Waals surface area contributed by atoms with Crippen molar-refractivity contribution in [2.45, 2.75) is 18.6 Å². The van der Waals surface area contributed by atoms with Gasteiger partial charge in [-0.1, -0.05) is 6.07 Å². The number of hydrogen-bond donors (Lipinski definition) is 1. The highest BCUT2D eigenvalue weighted by Crippen LogP contribution is 2.33. The smallest absolute Gasteiger partial charge is 0.256 e. The first-order chi connectivity index (χ1) is 13.2. The molecule has 4 rings (SSSR count). The lowest BCUT2D eigenvalue weighted by Crippen LogP contribution is -2.45. The molecule has 1 amide bonds. The number of ether oxygens (including phenoxy) is 3. The number of nitrogens with zero attached hydrogens (tertiary/aromatic N) is 2. The fourth-order valence-corrected chi connectivity index (χ4v) is 3.49. The first-order valence-electron chi connectivity index (χ1n) is 9.12.